The van der Waals surface area contributed by atoms with Gasteiger partial charge in [0.2, 0.25) is 5.91 Å². The number of hydrogen-bond acceptors (Lipinski definition) is 5. The van der Waals surface area contributed by atoms with Crippen LogP contribution in [-0.2, 0) is 23.2 Å². The van der Waals surface area contributed by atoms with Crippen molar-refractivity contribution in [2.24, 2.45) is 13.0 Å². The van der Waals surface area contributed by atoms with Gasteiger partial charge < -0.3 is 15.4 Å². The van der Waals surface area contributed by atoms with Gasteiger partial charge in [-0.3, -0.25) is 9.48 Å². The van der Waals surface area contributed by atoms with E-state index in [-0.39, 0.29) is 17.9 Å². The van der Waals surface area contributed by atoms with Gasteiger partial charge in [-0.25, -0.2) is 4.52 Å². The Morgan fingerprint density at radius 2 is 2.22 bits per heavy atom. The van der Waals surface area contributed by atoms with Gasteiger partial charge in [-0.2, -0.15) is 10.2 Å². The molecule has 1 aliphatic carbocycles. The maximum Gasteiger partial charge on any atom is 0.228 e. The molecule has 2 N–H and O–H groups in total. The number of fused-ring (bicyclic) bond motifs is 1. The van der Waals surface area contributed by atoms with Crippen LogP contribution in [0.1, 0.15) is 18.4 Å². The van der Waals surface area contributed by atoms with Crippen molar-refractivity contribution in [1.82, 2.24) is 24.7 Å². The van der Waals surface area contributed by atoms with Crippen LogP contribution < -0.4 is 10.6 Å². The average molecular weight is 366 g/mol. The Labute approximate surface area is 156 Å². The third-order valence-corrected chi connectivity index (χ3v) is 5.17. The predicted molar refractivity (Wildman–Crippen MR) is 100 cm³/mol. The molecule has 2 aliphatic rings. The van der Waals surface area contributed by atoms with Crippen LogP contribution in [0.5, 0.6) is 0 Å². The van der Waals surface area contributed by atoms with E-state index in [4.69, 9.17) is 4.74 Å². The molecule has 1 amide bonds. The molecule has 1 saturated heterocycles. The molecule has 0 bridgehead atoms. The molecule has 4 heterocycles. The van der Waals surface area contributed by atoms with Crippen LogP contribution in [0.15, 0.2) is 30.6 Å². The monoisotopic (exact) mass is 366 g/mol. The van der Waals surface area contributed by atoms with Gasteiger partial charge in [-0.05, 0) is 25.0 Å². The van der Waals surface area contributed by atoms with E-state index in [1.807, 2.05) is 36.3 Å². The second kappa shape index (κ2) is 6.47. The maximum atomic E-state index is 12.0. The first kappa shape index (κ1) is 16.5. The van der Waals surface area contributed by atoms with Crippen molar-refractivity contribution >= 4 is 17.2 Å². The fourth-order valence-corrected chi connectivity index (χ4v) is 3.33. The molecular formula is C19H22N6O2. The molecule has 3 aromatic heterocycles. The third kappa shape index (κ3) is 3.22. The number of aryl methyl sites for hydroxylation is 1. The summed E-state index contributed by atoms with van der Waals surface area (Å²) in [4.78, 5) is 12.0. The molecule has 0 atom stereocenters. The van der Waals surface area contributed by atoms with Gasteiger partial charge in [0.25, 0.3) is 0 Å². The SMILES string of the molecule is Cn1ncc(COC2CNC2)c1-c1ccn2nc(NC(=O)C3CC3)cc2c1. The molecule has 0 aromatic carbocycles. The summed E-state index contributed by atoms with van der Waals surface area (Å²) in [5.74, 6) is 0.818. The number of carbonyl (C=O) groups excluding carboxylic acids is 1. The summed E-state index contributed by atoms with van der Waals surface area (Å²) in [6, 6.07) is 5.97. The molecule has 8 nitrogen and oxygen atoms in total. The zero-order valence-electron chi connectivity index (χ0n) is 15.2. The van der Waals surface area contributed by atoms with E-state index < -0.39 is 0 Å². The first-order valence-electron chi connectivity index (χ1n) is 9.31. The van der Waals surface area contributed by atoms with Gasteiger partial charge in [0.1, 0.15) is 0 Å². The normalized spacial score (nSPS) is 17.2. The minimum atomic E-state index is 0.0650. The third-order valence-electron chi connectivity index (χ3n) is 5.17. The second-order valence-electron chi connectivity index (χ2n) is 7.31. The molecule has 0 spiro atoms. The van der Waals surface area contributed by atoms with E-state index >= 15 is 0 Å². The van der Waals surface area contributed by atoms with E-state index in [0.717, 1.165) is 48.3 Å². The van der Waals surface area contributed by atoms with Gasteiger partial charge in [-0.1, -0.05) is 0 Å². The number of nitrogens with one attached hydrogen (secondary N) is 2. The zero-order chi connectivity index (χ0) is 18.4. The highest BCUT2D eigenvalue weighted by Gasteiger charge is 2.30. The number of amides is 1. The van der Waals surface area contributed by atoms with Crippen LogP contribution in [0.3, 0.4) is 0 Å². The van der Waals surface area contributed by atoms with Crippen molar-refractivity contribution in [3.05, 3.63) is 36.2 Å². The molecule has 0 radical (unpaired) electrons. The van der Waals surface area contributed by atoms with E-state index in [1.165, 1.54) is 0 Å². The minimum absolute atomic E-state index is 0.0650. The Balaban J connectivity index is 1.41. The predicted octanol–water partition coefficient (Wildman–Crippen LogP) is 1.57. The highest BCUT2D eigenvalue weighted by Crippen LogP contribution is 2.30. The van der Waals surface area contributed by atoms with Crippen molar-refractivity contribution in [3.8, 4) is 11.3 Å². The van der Waals surface area contributed by atoms with Crippen LogP contribution in [-0.4, -0.2) is 44.5 Å². The largest absolute Gasteiger partial charge is 0.371 e. The van der Waals surface area contributed by atoms with Crippen molar-refractivity contribution in [2.45, 2.75) is 25.6 Å². The summed E-state index contributed by atoms with van der Waals surface area (Å²) >= 11 is 0. The average Bonchev–Trinajstić information content (AvgIpc) is 3.29. The van der Waals surface area contributed by atoms with Crippen LogP contribution in [0.25, 0.3) is 16.8 Å². The smallest absolute Gasteiger partial charge is 0.228 e. The molecule has 2 fully saturated rings. The Morgan fingerprint density at radius 3 is 2.96 bits per heavy atom. The fourth-order valence-electron chi connectivity index (χ4n) is 3.33. The molecule has 0 unspecified atom stereocenters. The van der Waals surface area contributed by atoms with E-state index in [0.29, 0.717) is 12.4 Å². The molecule has 5 rings (SSSR count). The number of hydrogen-bond donors (Lipinski definition) is 2. The molecule has 1 aliphatic heterocycles. The number of carbonyl (C=O) groups is 1. The second-order valence-corrected chi connectivity index (χ2v) is 7.31. The summed E-state index contributed by atoms with van der Waals surface area (Å²) in [6.45, 7) is 2.36. The highest BCUT2D eigenvalue weighted by atomic mass is 16.5. The van der Waals surface area contributed by atoms with Gasteiger partial charge >= 0.3 is 0 Å². The van der Waals surface area contributed by atoms with Crippen molar-refractivity contribution in [2.75, 3.05) is 18.4 Å². The molecule has 8 heteroatoms. The van der Waals surface area contributed by atoms with Gasteiger partial charge in [0, 0.05) is 49.4 Å². The van der Waals surface area contributed by atoms with E-state index in [9.17, 15) is 4.79 Å². The van der Waals surface area contributed by atoms with Crippen LogP contribution >= 0.6 is 0 Å². The van der Waals surface area contributed by atoms with Crippen LogP contribution in [0.4, 0.5) is 5.82 Å². The molecule has 140 valence electrons. The summed E-state index contributed by atoms with van der Waals surface area (Å²) in [6.07, 6.45) is 6.01. The number of nitrogens with zero attached hydrogens (tertiary/aromatic N) is 4. The minimum Gasteiger partial charge on any atom is -0.371 e. The standard InChI is InChI=1S/C19H22N6O2/c1-24-18(14(8-21-24)11-27-16-9-20-10-16)13-4-5-25-15(6-13)7-17(23-25)22-19(26)12-2-3-12/h4-8,12,16,20H,2-3,9-11H2,1H3,(H,22,23,26). The number of aromatic nitrogens is 4. The first-order valence-corrected chi connectivity index (χ1v) is 9.31. The number of ether oxygens (including phenoxy) is 1. The van der Waals surface area contributed by atoms with Crippen LogP contribution in [0, 0.1) is 5.92 Å². The fraction of sp³-hybridized carbons (Fsp3) is 0.421. The number of pyridine rings is 1. The molecular weight excluding hydrogens is 344 g/mol. The van der Waals surface area contributed by atoms with E-state index in [1.54, 1.807) is 4.52 Å². The highest BCUT2D eigenvalue weighted by molar-refractivity contribution is 5.93. The zero-order valence-corrected chi connectivity index (χ0v) is 15.2. The van der Waals surface area contributed by atoms with Crippen LogP contribution in [0.2, 0.25) is 0 Å². The maximum absolute atomic E-state index is 12.0. The van der Waals surface area contributed by atoms with Gasteiger partial charge in [0.05, 0.1) is 30.1 Å². The summed E-state index contributed by atoms with van der Waals surface area (Å²) < 4.78 is 9.57. The van der Waals surface area contributed by atoms with Crippen molar-refractivity contribution in [1.29, 1.82) is 0 Å². The quantitative estimate of drug-likeness (QED) is 0.692. The Bertz CT molecular complexity index is 999. The van der Waals surface area contributed by atoms with E-state index in [2.05, 4.69) is 26.9 Å². The van der Waals surface area contributed by atoms with Gasteiger partial charge in [-0.15, -0.1) is 0 Å². The Hall–Kier alpha value is -2.71. The number of rotatable bonds is 6. The molecule has 3 aromatic rings. The lowest BCUT2D eigenvalue weighted by Gasteiger charge is -2.27. The summed E-state index contributed by atoms with van der Waals surface area (Å²) in [5.41, 5.74) is 4.08. The summed E-state index contributed by atoms with van der Waals surface area (Å²) in [5, 5.41) is 15.0. The lowest BCUT2D eigenvalue weighted by Crippen LogP contribution is -2.48. The molecule has 27 heavy (non-hydrogen) atoms. The lowest BCUT2D eigenvalue weighted by molar-refractivity contribution is -0.117. The van der Waals surface area contributed by atoms with Crippen molar-refractivity contribution < 1.29 is 9.53 Å². The Kier molecular flexibility index (Phi) is 3.95. The lowest BCUT2D eigenvalue weighted by atomic mass is 10.1. The Morgan fingerprint density at radius 1 is 1.37 bits per heavy atom. The number of anilines is 1. The van der Waals surface area contributed by atoms with Crippen molar-refractivity contribution in [3.63, 3.8) is 0 Å². The topological polar surface area (TPSA) is 85.5 Å². The first-order chi connectivity index (χ1) is 13.2. The molecule has 1 saturated carbocycles. The van der Waals surface area contributed by atoms with Gasteiger partial charge in [0.15, 0.2) is 5.82 Å². The summed E-state index contributed by atoms with van der Waals surface area (Å²) in [7, 11) is 1.94.